The van der Waals surface area contributed by atoms with E-state index in [-0.39, 0.29) is 6.42 Å². The molecule has 0 aliphatic carbocycles. The highest BCUT2D eigenvalue weighted by Gasteiger charge is 1.96. The fourth-order valence-corrected chi connectivity index (χ4v) is 0.486. The maximum atomic E-state index is 10.00. The lowest BCUT2D eigenvalue weighted by Crippen LogP contribution is -1.93. The van der Waals surface area contributed by atoms with Crippen LogP contribution in [0.3, 0.4) is 0 Å². The number of nitriles is 1. The molecule has 10 heavy (non-hydrogen) atoms. The van der Waals surface area contributed by atoms with Crippen LogP contribution in [0.4, 0.5) is 0 Å². The summed E-state index contributed by atoms with van der Waals surface area (Å²) in [6.07, 6.45) is 1.93. The van der Waals surface area contributed by atoms with Crippen molar-refractivity contribution >= 4 is 5.97 Å². The van der Waals surface area contributed by atoms with E-state index >= 15 is 0 Å². The van der Waals surface area contributed by atoms with Crippen molar-refractivity contribution in [2.75, 3.05) is 0 Å². The van der Waals surface area contributed by atoms with Crippen molar-refractivity contribution in [1.82, 2.24) is 0 Å². The number of hydrogen-bond acceptors (Lipinski definition) is 2. The van der Waals surface area contributed by atoms with Crippen molar-refractivity contribution in [2.45, 2.75) is 19.8 Å². The van der Waals surface area contributed by atoms with Gasteiger partial charge >= 0.3 is 5.97 Å². The largest absolute Gasteiger partial charge is 0.481 e. The molecular weight excluding hydrogens is 130 g/mol. The Morgan fingerprint density at radius 1 is 1.70 bits per heavy atom. The Labute approximate surface area is 59.6 Å². The van der Waals surface area contributed by atoms with E-state index in [1.54, 1.807) is 6.92 Å². The van der Waals surface area contributed by atoms with E-state index in [4.69, 9.17) is 10.4 Å². The Hall–Kier alpha value is -1.30. The zero-order valence-corrected chi connectivity index (χ0v) is 5.79. The number of carboxylic acids is 1. The van der Waals surface area contributed by atoms with Gasteiger partial charge in [0.05, 0.1) is 6.07 Å². The zero-order chi connectivity index (χ0) is 7.98. The van der Waals surface area contributed by atoms with E-state index in [9.17, 15) is 4.79 Å². The average molecular weight is 139 g/mol. The summed E-state index contributed by atoms with van der Waals surface area (Å²) in [4.78, 5) is 10.00. The SMILES string of the molecule is C/C(=C\C#N)CCC(=O)O. The first-order valence-electron chi connectivity index (χ1n) is 2.94. The van der Waals surface area contributed by atoms with Crippen molar-refractivity contribution in [2.24, 2.45) is 0 Å². The topological polar surface area (TPSA) is 61.1 Å². The first-order valence-corrected chi connectivity index (χ1v) is 2.94. The van der Waals surface area contributed by atoms with Crippen molar-refractivity contribution in [3.63, 3.8) is 0 Å². The molecule has 0 saturated heterocycles. The summed E-state index contributed by atoms with van der Waals surface area (Å²) in [5.41, 5.74) is 0.810. The lowest BCUT2D eigenvalue weighted by atomic mass is 10.1. The van der Waals surface area contributed by atoms with Gasteiger partial charge in [-0.15, -0.1) is 0 Å². The second-order valence-corrected chi connectivity index (χ2v) is 2.01. The van der Waals surface area contributed by atoms with Crippen LogP contribution < -0.4 is 0 Å². The highest BCUT2D eigenvalue weighted by molar-refractivity contribution is 5.67. The maximum Gasteiger partial charge on any atom is 0.303 e. The molecule has 0 heterocycles. The van der Waals surface area contributed by atoms with Gasteiger partial charge in [-0.2, -0.15) is 5.26 Å². The van der Waals surface area contributed by atoms with Crippen LogP contribution in [0.5, 0.6) is 0 Å². The second kappa shape index (κ2) is 4.57. The van der Waals surface area contributed by atoms with Gasteiger partial charge in [-0.05, 0) is 13.3 Å². The second-order valence-electron chi connectivity index (χ2n) is 2.01. The lowest BCUT2D eigenvalue weighted by molar-refractivity contribution is -0.136. The predicted molar refractivity (Wildman–Crippen MR) is 36.2 cm³/mol. The summed E-state index contributed by atoms with van der Waals surface area (Å²) in [6, 6.07) is 1.84. The monoisotopic (exact) mass is 139 g/mol. The first kappa shape index (κ1) is 8.70. The van der Waals surface area contributed by atoms with E-state index in [2.05, 4.69) is 0 Å². The third kappa shape index (κ3) is 4.85. The van der Waals surface area contributed by atoms with Crippen molar-refractivity contribution < 1.29 is 9.90 Å². The predicted octanol–water partition coefficient (Wildman–Crippen LogP) is 1.32. The van der Waals surface area contributed by atoms with Crippen LogP contribution in [-0.2, 0) is 4.79 Å². The molecular formula is C7H9NO2. The number of carbonyl (C=O) groups is 1. The van der Waals surface area contributed by atoms with Crippen LogP contribution in [0.1, 0.15) is 19.8 Å². The molecule has 0 spiro atoms. The van der Waals surface area contributed by atoms with Crippen molar-refractivity contribution in [3.8, 4) is 6.07 Å². The molecule has 0 bridgehead atoms. The van der Waals surface area contributed by atoms with E-state index in [1.807, 2.05) is 6.07 Å². The number of carboxylic acid groups (broad SMARTS) is 1. The molecule has 0 aromatic heterocycles. The molecule has 54 valence electrons. The molecule has 0 aromatic carbocycles. The molecule has 0 fully saturated rings. The minimum atomic E-state index is -0.828. The summed E-state index contributed by atoms with van der Waals surface area (Å²) in [7, 11) is 0. The quantitative estimate of drug-likeness (QED) is 0.600. The van der Waals surface area contributed by atoms with Gasteiger partial charge in [-0.25, -0.2) is 0 Å². The average Bonchev–Trinajstić information content (AvgIpc) is 1.85. The zero-order valence-electron chi connectivity index (χ0n) is 5.79. The van der Waals surface area contributed by atoms with Gasteiger partial charge in [0.1, 0.15) is 0 Å². The molecule has 0 unspecified atom stereocenters. The molecule has 0 saturated carbocycles. The highest BCUT2D eigenvalue weighted by Crippen LogP contribution is 2.01. The van der Waals surface area contributed by atoms with Crippen molar-refractivity contribution in [3.05, 3.63) is 11.6 Å². The molecule has 3 heteroatoms. The van der Waals surface area contributed by atoms with E-state index < -0.39 is 5.97 Å². The van der Waals surface area contributed by atoms with Crippen LogP contribution in [0, 0.1) is 11.3 Å². The molecule has 1 N–H and O–H groups in total. The van der Waals surface area contributed by atoms with Crippen LogP contribution in [0.25, 0.3) is 0 Å². The molecule has 0 aromatic rings. The fourth-order valence-electron chi connectivity index (χ4n) is 0.486. The van der Waals surface area contributed by atoms with E-state index in [0.717, 1.165) is 5.57 Å². The molecule has 0 atom stereocenters. The maximum absolute atomic E-state index is 10.00. The van der Waals surface area contributed by atoms with Gasteiger partial charge in [0.15, 0.2) is 0 Å². The van der Waals surface area contributed by atoms with Gasteiger partial charge < -0.3 is 5.11 Å². The lowest BCUT2D eigenvalue weighted by Gasteiger charge is -1.92. The number of nitrogens with zero attached hydrogens (tertiary/aromatic N) is 1. The third-order valence-electron chi connectivity index (χ3n) is 1.04. The summed E-state index contributed by atoms with van der Waals surface area (Å²) in [5.74, 6) is -0.828. The first-order chi connectivity index (χ1) is 4.66. The molecule has 0 radical (unpaired) electrons. The Balaban J connectivity index is 3.62. The smallest absolute Gasteiger partial charge is 0.303 e. The van der Waals surface area contributed by atoms with Gasteiger partial charge in [0.2, 0.25) is 0 Å². The summed E-state index contributed by atoms with van der Waals surface area (Å²) < 4.78 is 0. The molecule has 0 aliphatic heterocycles. The normalized spacial score (nSPS) is 10.6. The third-order valence-corrected chi connectivity index (χ3v) is 1.04. The molecule has 0 aliphatic rings. The van der Waals surface area contributed by atoms with Gasteiger partial charge in [-0.1, -0.05) is 5.57 Å². The van der Waals surface area contributed by atoms with Crippen molar-refractivity contribution in [1.29, 1.82) is 5.26 Å². The van der Waals surface area contributed by atoms with Gasteiger partial charge in [-0.3, -0.25) is 4.79 Å². The van der Waals surface area contributed by atoms with Gasteiger partial charge in [0, 0.05) is 12.5 Å². The summed E-state index contributed by atoms with van der Waals surface area (Å²) >= 11 is 0. The molecule has 0 rings (SSSR count). The fraction of sp³-hybridized carbons (Fsp3) is 0.429. The minimum Gasteiger partial charge on any atom is -0.481 e. The number of rotatable bonds is 3. The van der Waals surface area contributed by atoms with Crippen LogP contribution >= 0.6 is 0 Å². The summed E-state index contributed by atoms with van der Waals surface area (Å²) in [5, 5.41) is 16.3. The number of aliphatic carboxylic acids is 1. The van der Waals surface area contributed by atoms with Crippen LogP contribution in [0.2, 0.25) is 0 Å². The number of allylic oxidation sites excluding steroid dienone is 2. The van der Waals surface area contributed by atoms with E-state index in [1.165, 1.54) is 6.08 Å². The Morgan fingerprint density at radius 2 is 2.30 bits per heavy atom. The highest BCUT2D eigenvalue weighted by atomic mass is 16.4. The van der Waals surface area contributed by atoms with Crippen LogP contribution in [0.15, 0.2) is 11.6 Å². The molecule has 0 amide bonds. The Bertz CT molecular complexity index is 188. The van der Waals surface area contributed by atoms with Gasteiger partial charge in [0.25, 0.3) is 0 Å². The Kier molecular flexibility index (Phi) is 3.97. The van der Waals surface area contributed by atoms with Crippen LogP contribution in [-0.4, -0.2) is 11.1 Å². The Morgan fingerprint density at radius 3 is 2.70 bits per heavy atom. The minimum absolute atomic E-state index is 0.101. The number of hydrogen-bond donors (Lipinski definition) is 1. The summed E-state index contributed by atoms with van der Waals surface area (Å²) in [6.45, 7) is 1.74. The molecule has 3 nitrogen and oxygen atoms in total. The standard InChI is InChI=1S/C7H9NO2/c1-6(4-5-8)2-3-7(9)10/h4H,2-3H2,1H3,(H,9,10)/b6-4+. The van der Waals surface area contributed by atoms with E-state index in [0.29, 0.717) is 6.42 Å².